The molecule has 26 heavy (non-hydrogen) atoms. The second kappa shape index (κ2) is 7.52. The third-order valence-corrected chi connectivity index (χ3v) is 3.21. The number of hydrogen-bond donors (Lipinski definition) is 1. The molecule has 0 heterocycles. The van der Waals surface area contributed by atoms with Gasteiger partial charge >= 0.3 is 12.4 Å². The molecular weight excluding hydrogens is 360 g/mol. The summed E-state index contributed by atoms with van der Waals surface area (Å²) in [6.07, 6.45) is -9.06. The minimum atomic E-state index is -4.57. The van der Waals surface area contributed by atoms with Gasteiger partial charge in [0.1, 0.15) is 0 Å². The number of alkyl halides is 6. The molecule has 2 aromatic rings. The fraction of sp³-hybridized carbons (Fsp3) is 0.167. The van der Waals surface area contributed by atoms with Crippen LogP contribution in [0.15, 0.2) is 48.5 Å². The quantitative estimate of drug-likeness (QED) is 0.611. The maximum atomic E-state index is 12.6. The lowest BCUT2D eigenvalue weighted by molar-refractivity contribution is -0.138. The van der Waals surface area contributed by atoms with Crippen LogP contribution in [0, 0.1) is 11.8 Å². The minimum Gasteiger partial charge on any atom is -0.341 e. The van der Waals surface area contributed by atoms with E-state index in [4.69, 9.17) is 0 Å². The van der Waals surface area contributed by atoms with Gasteiger partial charge in [0.15, 0.2) is 0 Å². The number of benzene rings is 2. The first-order valence-electron chi connectivity index (χ1n) is 7.19. The van der Waals surface area contributed by atoms with Gasteiger partial charge in [-0.25, -0.2) is 0 Å². The number of rotatable bonds is 2. The van der Waals surface area contributed by atoms with Gasteiger partial charge in [0.2, 0.25) is 0 Å². The first-order valence-corrected chi connectivity index (χ1v) is 7.19. The van der Waals surface area contributed by atoms with Crippen LogP contribution < -0.4 is 5.32 Å². The highest BCUT2D eigenvalue weighted by Crippen LogP contribution is 2.30. The number of carbonyl (C=O) groups is 1. The van der Waals surface area contributed by atoms with E-state index in [2.05, 4.69) is 17.2 Å². The van der Waals surface area contributed by atoms with E-state index >= 15 is 0 Å². The summed E-state index contributed by atoms with van der Waals surface area (Å²) in [4.78, 5) is 11.8. The highest BCUT2D eigenvalue weighted by atomic mass is 19.4. The predicted molar refractivity (Wildman–Crippen MR) is 82.1 cm³/mol. The SMILES string of the molecule is O=C(NCC#Cc1cccc(C(F)(F)F)c1)c1cccc(C(F)(F)F)c1. The van der Waals surface area contributed by atoms with E-state index in [1.54, 1.807) is 0 Å². The minimum absolute atomic E-state index is 0.105. The molecule has 0 saturated carbocycles. The molecule has 8 heteroatoms. The van der Waals surface area contributed by atoms with E-state index in [-0.39, 0.29) is 17.7 Å². The molecule has 0 aromatic heterocycles. The Bertz CT molecular complexity index is 858. The maximum Gasteiger partial charge on any atom is 0.416 e. The molecule has 1 amide bonds. The normalized spacial score (nSPS) is 11.5. The predicted octanol–water partition coefficient (Wildman–Crippen LogP) is 4.51. The van der Waals surface area contributed by atoms with Crippen molar-refractivity contribution in [3.8, 4) is 11.8 Å². The van der Waals surface area contributed by atoms with Crippen LogP contribution in [0.25, 0.3) is 0 Å². The number of halogens is 6. The van der Waals surface area contributed by atoms with Crippen LogP contribution in [0.5, 0.6) is 0 Å². The van der Waals surface area contributed by atoms with Gasteiger partial charge in [0.05, 0.1) is 17.7 Å². The van der Waals surface area contributed by atoms with Crippen LogP contribution in [-0.2, 0) is 12.4 Å². The van der Waals surface area contributed by atoms with Crippen molar-refractivity contribution in [3.63, 3.8) is 0 Å². The first-order chi connectivity index (χ1) is 12.1. The van der Waals surface area contributed by atoms with Crippen molar-refractivity contribution in [1.82, 2.24) is 5.32 Å². The summed E-state index contributed by atoms with van der Waals surface area (Å²) in [5.74, 6) is 4.14. The van der Waals surface area contributed by atoms with Gasteiger partial charge in [-0.15, -0.1) is 0 Å². The van der Waals surface area contributed by atoms with E-state index in [0.717, 1.165) is 24.3 Å². The molecule has 2 aromatic carbocycles. The largest absolute Gasteiger partial charge is 0.416 e. The van der Waals surface area contributed by atoms with Gasteiger partial charge < -0.3 is 5.32 Å². The summed E-state index contributed by atoms with van der Waals surface area (Å²) in [7, 11) is 0. The molecule has 0 radical (unpaired) electrons. The number of hydrogen-bond acceptors (Lipinski definition) is 1. The Morgan fingerprint density at radius 2 is 1.46 bits per heavy atom. The lowest BCUT2D eigenvalue weighted by Gasteiger charge is -2.08. The van der Waals surface area contributed by atoms with Crippen LogP contribution in [0.2, 0.25) is 0 Å². The first kappa shape index (κ1) is 19.4. The average Bonchev–Trinajstić information content (AvgIpc) is 2.57. The van der Waals surface area contributed by atoms with Crippen molar-refractivity contribution in [2.45, 2.75) is 12.4 Å². The summed E-state index contributed by atoms with van der Waals surface area (Å²) in [5, 5.41) is 2.29. The van der Waals surface area contributed by atoms with Gasteiger partial charge in [0, 0.05) is 11.1 Å². The standard InChI is InChI=1S/C18H11F6NO/c19-17(20,21)14-7-1-4-12(10-14)5-3-9-25-16(26)13-6-2-8-15(11-13)18(22,23)24/h1-2,4,6-8,10-11H,9H2,(H,25,26). The molecule has 1 N–H and O–H groups in total. The van der Waals surface area contributed by atoms with Gasteiger partial charge in [-0.05, 0) is 36.4 Å². The van der Waals surface area contributed by atoms with E-state index < -0.39 is 29.4 Å². The second-order valence-electron chi connectivity index (χ2n) is 5.14. The number of amides is 1. The molecule has 0 bridgehead atoms. The van der Waals surface area contributed by atoms with E-state index in [0.29, 0.717) is 6.07 Å². The molecule has 2 rings (SSSR count). The topological polar surface area (TPSA) is 29.1 Å². The summed E-state index contributed by atoms with van der Waals surface area (Å²) in [6, 6.07) is 8.20. The molecule has 0 aliphatic carbocycles. The number of nitrogens with one attached hydrogen (secondary N) is 1. The van der Waals surface area contributed by atoms with E-state index in [1.807, 2.05) is 0 Å². The summed E-state index contributed by atoms with van der Waals surface area (Å²) < 4.78 is 75.6. The third kappa shape index (κ3) is 5.28. The molecule has 0 spiro atoms. The zero-order valence-corrected chi connectivity index (χ0v) is 13.0. The molecule has 0 saturated heterocycles. The summed E-state index contributed by atoms with van der Waals surface area (Å²) in [6.45, 7) is -0.231. The average molecular weight is 371 g/mol. The lowest BCUT2D eigenvalue weighted by Crippen LogP contribution is -2.24. The van der Waals surface area contributed by atoms with Crippen molar-refractivity contribution < 1.29 is 31.1 Å². The molecule has 136 valence electrons. The molecule has 0 atom stereocenters. The Morgan fingerprint density at radius 3 is 2.08 bits per heavy atom. The smallest absolute Gasteiger partial charge is 0.341 e. The Labute approximate surface area is 144 Å². The van der Waals surface area contributed by atoms with Crippen molar-refractivity contribution >= 4 is 5.91 Å². The van der Waals surface area contributed by atoms with Crippen LogP contribution in [0.4, 0.5) is 26.3 Å². The Morgan fingerprint density at radius 1 is 0.885 bits per heavy atom. The van der Waals surface area contributed by atoms with Gasteiger partial charge in [-0.3, -0.25) is 4.79 Å². The van der Waals surface area contributed by atoms with Crippen molar-refractivity contribution in [2.24, 2.45) is 0 Å². The Hall–Kier alpha value is -2.95. The van der Waals surface area contributed by atoms with E-state index in [1.165, 1.54) is 18.2 Å². The van der Waals surface area contributed by atoms with Crippen molar-refractivity contribution in [3.05, 3.63) is 70.8 Å². The fourth-order valence-corrected chi connectivity index (χ4v) is 1.98. The van der Waals surface area contributed by atoms with Crippen LogP contribution in [0.3, 0.4) is 0 Å². The monoisotopic (exact) mass is 371 g/mol. The highest BCUT2D eigenvalue weighted by molar-refractivity contribution is 5.94. The number of carbonyl (C=O) groups excluding carboxylic acids is 1. The van der Waals surface area contributed by atoms with Crippen LogP contribution in [0.1, 0.15) is 27.0 Å². The molecule has 0 fully saturated rings. The third-order valence-electron chi connectivity index (χ3n) is 3.21. The second-order valence-corrected chi connectivity index (χ2v) is 5.14. The maximum absolute atomic E-state index is 12.6. The summed E-state index contributed by atoms with van der Waals surface area (Å²) >= 11 is 0. The lowest BCUT2D eigenvalue weighted by atomic mass is 10.1. The fourth-order valence-electron chi connectivity index (χ4n) is 1.98. The van der Waals surface area contributed by atoms with Gasteiger partial charge in [-0.1, -0.05) is 24.0 Å². The van der Waals surface area contributed by atoms with Crippen LogP contribution >= 0.6 is 0 Å². The molecule has 2 nitrogen and oxygen atoms in total. The van der Waals surface area contributed by atoms with Gasteiger partial charge in [-0.2, -0.15) is 26.3 Å². The summed E-state index contributed by atoms with van der Waals surface area (Å²) in [5.41, 5.74) is -1.90. The van der Waals surface area contributed by atoms with E-state index in [9.17, 15) is 31.1 Å². The molecule has 0 aliphatic rings. The van der Waals surface area contributed by atoms with Crippen molar-refractivity contribution in [2.75, 3.05) is 6.54 Å². The zero-order valence-electron chi connectivity index (χ0n) is 13.0. The highest BCUT2D eigenvalue weighted by Gasteiger charge is 2.31. The Balaban J connectivity index is 2.01. The molecule has 0 unspecified atom stereocenters. The Kier molecular flexibility index (Phi) is 5.60. The van der Waals surface area contributed by atoms with Crippen LogP contribution in [-0.4, -0.2) is 12.5 Å². The molecule has 0 aliphatic heterocycles. The van der Waals surface area contributed by atoms with Gasteiger partial charge in [0.25, 0.3) is 5.91 Å². The zero-order chi connectivity index (χ0) is 19.4. The molecular formula is C18H11F6NO. The van der Waals surface area contributed by atoms with Crippen molar-refractivity contribution in [1.29, 1.82) is 0 Å².